The quantitative estimate of drug-likeness (QED) is 0.763. The molecule has 0 saturated carbocycles. The van der Waals surface area contributed by atoms with Crippen molar-refractivity contribution in [2.45, 2.75) is 24.8 Å². The fourth-order valence-corrected chi connectivity index (χ4v) is 4.08. The summed E-state index contributed by atoms with van der Waals surface area (Å²) in [6.45, 7) is 0.0686. The van der Waals surface area contributed by atoms with Gasteiger partial charge in [-0.1, -0.05) is 0 Å². The summed E-state index contributed by atoms with van der Waals surface area (Å²) in [5, 5.41) is 13.9. The van der Waals surface area contributed by atoms with E-state index in [0.29, 0.717) is 17.6 Å². The van der Waals surface area contributed by atoms with E-state index in [2.05, 4.69) is 31.2 Å². The van der Waals surface area contributed by atoms with Gasteiger partial charge in [-0.15, -0.1) is 11.3 Å². The Morgan fingerprint density at radius 1 is 1.43 bits per heavy atom. The highest BCUT2D eigenvalue weighted by Crippen LogP contribution is 2.31. The molecule has 1 amide bonds. The van der Waals surface area contributed by atoms with E-state index in [1.54, 1.807) is 6.20 Å². The minimum Gasteiger partial charge on any atom is -0.325 e. The van der Waals surface area contributed by atoms with E-state index in [1.165, 1.54) is 16.7 Å². The molecule has 0 radical (unpaired) electrons. The highest BCUT2D eigenvalue weighted by molar-refractivity contribution is 7.14. The van der Waals surface area contributed by atoms with Crippen LogP contribution in [0.3, 0.4) is 0 Å². The van der Waals surface area contributed by atoms with E-state index in [4.69, 9.17) is 5.26 Å². The monoisotopic (exact) mass is 405 g/mol. The first-order chi connectivity index (χ1) is 13.4. The fraction of sp³-hybridized carbons (Fsp3) is 0.471. The lowest BCUT2D eigenvalue weighted by molar-refractivity contribution is -0.113. The van der Waals surface area contributed by atoms with Gasteiger partial charge in [-0.2, -0.15) is 5.26 Å². The molecule has 0 aliphatic carbocycles. The number of hydrogen-bond donors (Lipinski definition) is 1. The van der Waals surface area contributed by atoms with Crippen LogP contribution in [0.2, 0.25) is 0 Å². The molecule has 2 saturated heterocycles. The number of nitrogens with zero attached hydrogens (tertiary/aromatic N) is 6. The molecule has 2 aliphatic rings. The molecule has 0 spiro atoms. The molecule has 2 fully saturated rings. The summed E-state index contributed by atoms with van der Waals surface area (Å²) in [4.78, 5) is 28.2. The van der Waals surface area contributed by atoms with Crippen LogP contribution in [0.25, 0.3) is 0 Å². The van der Waals surface area contributed by atoms with Gasteiger partial charge >= 0.3 is 0 Å². The van der Waals surface area contributed by atoms with Crippen LogP contribution in [0.5, 0.6) is 0 Å². The van der Waals surface area contributed by atoms with E-state index in [0.717, 1.165) is 30.0 Å². The first-order valence-electron chi connectivity index (χ1n) is 8.79. The highest BCUT2D eigenvalue weighted by Gasteiger charge is 2.46. The molecule has 0 unspecified atom stereocenters. The molecular formula is C17H17F2N7OS. The average Bonchev–Trinajstić information content (AvgIpc) is 3.29. The van der Waals surface area contributed by atoms with Crippen molar-refractivity contribution in [1.29, 1.82) is 5.26 Å². The van der Waals surface area contributed by atoms with Gasteiger partial charge in [-0.25, -0.2) is 23.7 Å². The number of amides is 1. The Kier molecular flexibility index (Phi) is 4.91. The van der Waals surface area contributed by atoms with Crippen LogP contribution in [-0.4, -0.2) is 62.8 Å². The van der Waals surface area contributed by atoms with E-state index in [-0.39, 0.29) is 11.7 Å². The van der Waals surface area contributed by atoms with Crippen LogP contribution in [0.1, 0.15) is 35.1 Å². The second-order valence-electron chi connectivity index (χ2n) is 6.77. The molecule has 146 valence electrons. The van der Waals surface area contributed by atoms with Gasteiger partial charge in [0.15, 0.2) is 5.13 Å². The van der Waals surface area contributed by atoms with Crippen molar-refractivity contribution in [3.05, 3.63) is 29.0 Å². The Morgan fingerprint density at radius 3 is 3.00 bits per heavy atom. The summed E-state index contributed by atoms with van der Waals surface area (Å²) >= 11 is 1.18. The molecule has 0 aromatic carbocycles. The SMILES string of the molecule is N#CCN1CCC[C@H]1c1ccnc(Nc2nc(C(=O)N3CC(F)(F)C3)cs2)n1. The number of nitriles is 1. The number of aromatic nitrogens is 3. The maximum absolute atomic E-state index is 12.9. The molecule has 4 heterocycles. The average molecular weight is 405 g/mol. The standard InChI is InChI=1S/C17H17F2N7OS/c18-17(19)9-26(10-17)14(27)12-8-28-16(23-12)24-15-21-5-3-11(22-15)13-2-1-6-25(13)7-4-20/h3,5,8,13H,1-2,6-7,9-10H2,(H,21,22,23,24)/t13-/m0/s1. The Hall–Kier alpha value is -2.71. The first-order valence-corrected chi connectivity index (χ1v) is 9.67. The number of hydrogen-bond acceptors (Lipinski definition) is 8. The molecule has 11 heteroatoms. The maximum Gasteiger partial charge on any atom is 0.282 e. The third kappa shape index (κ3) is 3.79. The van der Waals surface area contributed by atoms with E-state index in [9.17, 15) is 13.6 Å². The van der Waals surface area contributed by atoms with E-state index in [1.807, 2.05) is 6.07 Å². The minimum atomic E-state index is -2.80. The van der Waals surface area contributed by atoms with Gasteiger partial charge in [0.2, 0.25) is 5.95 Å². The van der Waals surface area contributed by atoms with Crippen molar-refractivity contribution in [3.8, 4) is 6.07 Å². The summed E-state index contributed by atoms with van der Waals surface area (Å²) < 4.78 is 25.9. The largest absolute Gasteiger partial charge is 0.325 e. The van der Waals surface area contributed by atoms with Crippen LogP contribution in [0.4, 0.5) is 19.9 Å². The predicted molar refractivity (Wildman–Crippen MR) is 97.4 cm³/mol. The van der Waals surface area contributed by atoms with Crippen molar-refractivity contribution in [2.75, 3.05) is 31.5 Å². The number of thiazole rings is 1. The zero-order chi connectivity index (χ0) is 19.7. The van der Waals surface area contributed by atoms with Crippen LogP contribution in [-0.2, 0) is 0 Å². The molecular weight excluding hydrogens is 388 g/mol. The Morgan fingerprint density at radius 2 is 2.25 bits per heavy atom. The fourth-order valence-electron chi connectivity index (χ4n) is 3.40. The first kappa shape index (κ1) is 18.6. The third-order valence-electron chi connectivity index (χ3n) is 4.73. The molecule has 8 nitrogen and oxygen atoms in total. The molecule has 1 N–H and O–H groups in total. The summed E-state index contributed by atoms with van der Waals surface area (Å²) in [5.41, 5.74) is 0.941. The smallest absolute Gasteiger partial charge is 0.282 e. The Balaban J connectivity index is 1.43. The third-order valence-corrected chi connectivity index (χ3v) is 5.49. The van der Waals surface area contributed by atoms with Gasteiger partial charge in [0, 0.05) is 11.6 Å². The molecule has 28 heavy (non-hydrogen) atoms. The highest BCUT2D eigenvalue weighted by atomic mass is 32.1. The molecule has 2 aromatic heterocycles. The van der Waals surface area contributed by atoms with Crippen molar-refractivity contribution < 1.29 is 13.6 Å². The lowest BCUT2D eigenvalue weighted by Gasteiger charge is -2.38. The number of rotatable bonds is 5. The van der Waals surface area contributed by atoms with E-state index < -0.39 is 24.9 Å². The number of nitrogens with one attached hydrogen (secondary N) is 1. The van der Waals surface area contributed by atoms with Gasteiger partial charge in [0.25, 0.3) is 11.8 Å². The summed E-state index contributed by atoms with van der Waals surface area (Å²) in [7, 11) is 0. The number of carbonyl (C=O) groups excluding carboxylic acids is 1. The van der Waals surface area contributed by atoms with Crippen LogP contribution < -0.4 is 5.32 Å². The molecule has 1 atom stereocenters. The second kappa shape index (κ2) is 7.37. The molecule has 0 bridgehead atoms. The molecule has 2 aromatic rings. The lowest BCUT2D eigenvalue weighted by Crippen LogP contribution is -2.58. The number of likely N-dealkylation sites (tertiary alicyclic amines) is 2. The topological polar surface area (TPSA) is 98.0 Å². The summed E-state index contributed by atoms with van der Waals surface area (Å²) in [6, 6.07) is 4.08. The minimum absolute atomic E-state index is 0.0738. The molecule has 2 aliphatic heterocycles. The summed E-state index contributed by atoms with van der Waals surface area (Å²) in [5.74, 6) is -2.98. The van der Waals surface area contributed by atoms with Gasteiger partial charge in [0.1, 0.15) is 5.69 Å². The zero-order valence-electron chi connectivity index (χ0n) is 14.8. The lowest BCUT2D eigenvalue weighted by atomic mass is 10.1. The van der Waals surface area contributed by atoms with Crippen molar-refractivity contribution in [1.82, 2.24) is 24.8 Å². The normalized spacial score (nSPS) is 21.2. The van der Waals surface area contributed by atoms with Crippen molar-refractivity contribution in [3.63, 3.8) is 0 Å². The van der Waals surface area contributed by atoms with Crippen LogP contribution in [0.15, 0.2) is 17.6 Å². The van der Waals surface area contributed by atoms with Gasteiger partial charge in [0.05, 0.1) is 37.4 Å². The zero-order valence-corrected chi connectivity index (χ0v) is 15.6. The molecule has 4 rings (SSSR count). The number of alkyl halides is 2. The number of halogens is 2. The van der Waals surface area contributed by atoms with Crippen LogP contribution in [0, 0.1) is 11.3 Å². The predicted octanol–water partition coefficient (Wildman–Crippen LogP) is 2.43. The van der Waals surface area contributed by atoms with Gasteiger partial charge in [-0.3, -0.25) is 9.69 Å². The van der Waals surface area contributed by atoms with E-state index >= 15 is 0 Å². The van der Waals surface area contributed by atoms with Gasteiger partial charge < -0.3 is 10.2 Å². The van der Waals surface area contributed by atoms with Crippen molar-refractivity contribution in [2.24, 2.45) is 0 Å². The summed E-state index contributed by atoms with van der Waals surface area (Å²) in [6.07, 6.45) is 3.57. The van der Waals surface area contributed by atoms with Crippen molar-refractivity contribution >= 4 is 28.3 Å². The number of carbonyl (C=O) groups is 1. The number of anilines is 2. The second-order valence-corrected chi connectivity index (χ2v) is 7.63. The maximum atomic E-state index is 12.9. The van der Waals surface area contributed by atoms with Gasteiger partial charge in [-0.05, 0) is 25.5 Å². The Bertz CT molecular complexity index is 920. The Labute approximate surface area is 163 Å². The van der Waals surface area contributed by atoms with Crippen LogP contribution >= 0.6 is 11.3 Å².